The molecule has 0 unspecified atom stereocenters. The molecule has 1 heterocycles. The lowest BCUT2D eigenvalue weighted by Crippen LogP contribution is -2.40. The first-order chi connectivity index (χ1) is 15.6. The van der Waals surface area contributed by atoms with Gasteiger partial charge in [0.2, 0.25) is 10.0 Å². The minimum Gasteiger partial charge on any atom is -0.507 e. The van der Waals surface area contributed by atoms with E-state index in [1.54, 1.807) is 32.9 Å². The summed E-state index contributed by atoms with van der Waals surface area (Å²) >= 11 is 0. The summed E-state index contributed by atoms with van der Waals surface area (Å²) in [4.78, 5) is 23.2. The molecule has 0 aliphatic carbocycles. The van der Waals surface area contributed by atoms with Crippen molar-refractivity contribution in [3.05, 3.63) is 41.5 Å². The number of esters is 1. The number of nitrogens with one attached hydrogen (secondary N) is 1. The maximum Gasteiger partial charge on any atom is 0.397 e. The summed E-state index contributed by atoms with van der Waals surface area (Å²) in [7, 11) is -3.93. The Morgan fingerprint density at radius 1 is 1.12 bits per heavy atom. The number of hydrogen-bond acceptors (Lipinski definition) is 8. The van der Waals surface area contributed by atoms with Crippen LogP contribution in [0.1, 0.15) is 18.1 Å². The lowest BCUT2D eigenvalue weighted by atomic mass is 10.1. The molecule has 0 aromatic heterocycles. The van der Waals surface area contributed by atoms with Gasteiger partial charge in [-0.3, -0.25) is 4.79 Å². The Labute approximate surface area is 192 Å². The number of morpholine rings is 1. The molecule has 2 aromatic carbocycles. The molecule has 1 fully saturated rings. The molecule has 1 aliphatic rings. The molecule has 0 atom stereocenters. The van der Waals surface area contributed by atoms with E-state index in [2.05, 4.69) is 10.1 Å². The Morgan fingerprint density at radius 2 is 1.76 bits per heavy atom. The summed E-state index contributed by atoms with van der Waals surface area (Å²) in [6.07, 6.45) is 0. The van der Waals surface area contributed by atoms with Crippen LogP contribution in [0, 0.1) is 13.8 Å². The number of ether oxygens (including phenoxy) is 3. The molecule has 0 saturated carbocycles. The highest BCUT2D eigenvalue weighted by atomic mass is 32.2. The Balaban J connectivity index is 1.84. The van der Waals surface area contributed by atoms with Crippen molar-refractivity contribution < 1.29 is 37.3 Å². The van der Waals surface area contributed by atoms with Gasteiger partial charge in [-0.05, 0) is 56.2 Å². The average Bonchev–Trinajstić information content (AvgIpc) is 2.78. The smallest absolute Gasteiger partial charge is 0.397 e. The van der Waals surface area contributed by atoms with Crippen molar-refractivity contribution in [3.63, 3.8) is 0 Å². The summed E-state index contributed by atoms with van der Waals surface area (Å²) in [5, 5.41) is 12.7. The van der Waals surface area contributed by atoms with E-state index in [0.29, 0.717) is 22.6 Å². The largest absolute Gasteiger partial charge is 0.507 e. The van der Waals surface area contributed by atoms with E-state index in [0.717, 1.165) is 0 Å². The highest BCUT2D eigenvalue weighted by Gasteiger charge is 2.29. The predicted molar refractivity (Wildman–Crippen MR) is 119 cm³/mol. The number of anilines is 1. The zero-order chi connectivity index (χ0) is 24.2. The fourth-order valence-electron chi connectivity index (χ4n) is 3.37. The van der Waals surface area contributed by atoms with Crippen LogP contribution in [0.2, 0.25) is 0 Å². The molecule has 0 bridgehead atoms. The summed E-state index contributed by atoms with van der Waals surface area (Å²) in [5.74, 6) is -1.58. The molecule has 0 radical (unpaired) electrons. The summed E-state index contributed by atoms with van der Waals surface area (Å²) in [6, 6.07) is 7.23. The van der Waals surface area contributed by atoms with Crippen LogP contribution in [0.5, 0.6) is 17.2 Å². The number of carbonyl (C=O) groups is 2. The van der Waals surface area contributed by atoms with Crippen LogP contribution < -0.4 is 10.1 Å². The monoisotopic (exact) mass is 478 g/mol. The van der Waals surface area contributed by atoms with Crippen molar-refractivity contribution in [3.8, 4) is 17.2 Å². The number of rotatable bonds is 6. The molecule has 3 rings (SSSR count). The number of amides is 1. The highest BCUT2D eigenvalue weighted by molar-refractivity contribution is 7.89. The molecule has 1 amide bonds. The first-order valence-corrected chi connectivity index (χ1v) is 11.8. The van der Waals surface area contributed by atoms with Gasteiger partial charge < -0.3 is 24.6 Å². The van der Waals surface area contributed by atoms with Gasteiger partial charge in [-0.15, -0.1) is 0 Å². The molecule has 2 aromatic rings. The van der Waals surface area contributed by atoms with Crippen LogP contribution >= 0.6 is 0 Å². The van der Waals surface area contributed by atoms with Crippen molar-refractivity contribution in [2.45, 2.75) is 25.7 Å². The standard InChI is InChI=1S/C22H26N2O8S/c1-4-31-22(27)21(26)23-16-11-14(2)20(15(3)12-16)32-17-5-6-18(25)19(13-17)33(28,29)24-7-9-30-10-8-24/h5-6,11-13,25H,4,7-10H2,1-3H3,(H,23,26). The molecule has 1 saturated heterocycles. The van der Waals surface area contributed by atoms with Crippen LogP contribution in [0.15, 0.2) is 35.2 Å². The first kappa shape index (κ1) is 24.5. The van der Waals surface area contributed by atoms with Crippen molar-refractivity contribution in [1.29, 1.82) is 0 Å². The van der Waals surface area contributed by atoms with Crippen LogP contribution in [0.3, 0.4) is 0 Å². The van der Waals surface area contributed by atoms with Crippen molar-refractivity contribution in [2.24, 2.45) is 0 Å². The molecule has 11 heteroatoms. The highest BCUT2D eigenvalue weighted by Crippen LogP contribution is 2.35. The molecule has 1 aliphatic heterocycles. The Morgan fingerprint density at radius 3 is 2.36 bits per heavy atom. The maximum atomic E-state index is 13.0. The second-order valence-electron chi connectivity index (χ2n) is 7.36. The van der Waals surface area contributed by atoms with E-state index in [1.807, 2.05) is 0 Å². The second kappa shape index (κ2) is 10.2. The average molecular weight is 479 g/mol. The minimum absolute atomic E-state index is 0.0902. The first-order valence-electron chi connectivity index (χ1n) is 10.3. The van der Waals surface area contributed by atoms with E-state index in [-0.39, 0.29) is 49.3 Å². The van der Waals surface area contributed by atoms with Gasteiger partial charge in [-0.1, -0.05) is 0 Å². The minimum atomic E-state index is -3.93. The van der Waals surface area contributed by atoms with Gasteiger partial charge in [0.05, 0.1) is 19.8 Å². The van der Waals surface area contributed by atoms with Crippen LogP contribution in [-0.2, 0) is 29.1 Å². The Hall–Kier alpha value is -3.15. The summed E-state index contributed by atoms with van der Waals surface area (Å²) in [6.45, 7) is 6.15. The number of nitrogens with zero attached hydrogens (tertiary/aromatic N) is 1. The fourth-order valence-corrected chi connectivity index (χ4v) is 4.88. The van der Waals surface area contributed by atoms with Gasteiger partial charge in [0.25, 0.3) is 0 Å². The van der Waals surface area contributed by atoms with Gasteiger partial charge in [0, 0.05) is 24.8 Å². The topological polar surface area (TPSA) is 131 Å². The third-order valence-corrected chi connectivity index (χ3v) is 6.85. The van der Waals surface area contributed by atoms with Crippen molar-refractivity contribution in [1.82, 2.24) is 4.31 Å². The van der Waals surface area contributed by atoms with Gasteiger partial charge in [0.15, 0.2) is 0 Å². The van der Waals surface area contributed by atoms with Gasteiger partial charge in [-0.25, -0.2) is 13.2 Å². The van der Waals surface area contributed by atoms with Gasteiger partial charge in [0.1, 0.15) is 22.1 Å². The quantitative estimate of drug-likeness (QED) is 0.478. The molecule has 2 N–H and O–H groups in total. The lowest BCUT2D eigenvalue weighted by Gasteiger charge is -2.26. The number of phenols is 1. The van der Waals surface area contributed by atoms with E-state index in [4.69, 9.17) is 9.47 Å². The van der Waals surface area contributed by atoms with E-state index in [1.165, 1.54) is 22.5 Å². The number of carbonyl (C=O) groups excluding carboxylic acids is 2. The molecule has 0 spiro atoms. The van der Waals surface area contributed by atoms with Crippen LogP contribution in [-0.4, -0.2) is 62.6 Å². The Kier molecular flexibility index (Phi) is 7.57. The van der Waals surface area contributed by atoms with Crippen molar-refractivity contribution >= 4 is 27.6 Å². The third kappa shape index (κ3) is 5.62. The summed E-state index contributed by atoms with van der Waals surface area (Å²) < 4.78 is 43.0. The maximum absolute atomic E-state index is 13.0. The third-order valence-electron chi connectivity index (χ3n) is 4.92. The SMILES string of the molecule is CCOC(=O)C(=O)Nc1cc(C)c(Oc2ccc(O)c(S(=O)(=O)N3CCOCC3)c2)c(C)c1. The number of phenolic OH excluding ortho intramolecular Hbond substituents is 1. The van der Waals surface area contributed by atoms with E-state index in [9.17, 15) is 23.1 Å². The molecule has 33 heavy (non-hydrogen) atoms. The number of sulfonamides is 1. The number of hydrogen-bond donors (Lipinski definition) is 2. The zero-order valence-corrected chi connectivity index (χ0v) is 19.4. The number of benzene rings is 2. The van der Waals surface area contributed by atoms with Crippen LogP contribution in [0.25, 0.3) is 0 Å². The van der Waals surface area contributed by atoms with Gasteiger partial charge >= 0.3 is 11.9 Å². The van der Waals surface area contributed by atoms with E-state index >= 15 is 0 Å². The lowest BCUT2D eigenvalue weighted by molar-refractivity contribution is -0.152. The van der Waals surface area contributed by atoms with Gasteiger partial charge in [-0.2, -0.15) is 4.31 Å². The number of aromatic hydroxyl groups is 1. The van der Waals surface area contributed by atoms with Crippen molar-refractivity contribution in [2.75, 3.05) is 38.2 Å². The zero-order valence-electron chi connectivity index (χ0n) is 18.6. The van der Waals surface area contributed by atoms with E-state index < -0.39 is 21.9 Å². The Bertz CT molecular complexity index is 1130. The fraction of sp³-hybridized carbons (Fsp3) is 0.364. The molecule has 10 nitrogen and oxygen atoms in total. The number of aryl methyl sites for hydroxylation is 2. The molecule has 178 valence electrons. The molecular formula is C22H26N2O8S. The normalized spacial score (nSPS) is 14.5. The summed E-state index contributed by atoms with van der Waals surface area (Å²) in [5.41, 5.74) is 1.66. The van der Waals surface area contributed by atoms with Crippen LogP contribution in [0.4, 0.5) is 5.69 Å². The predicted octanol–water partition coefficient (Wildman–Crippen LogP) is 2.32. The molecular weight excluding hydrogens is 452 g/mol. The second-order valence-corrected chi connectivity index (χ2v) is 9.27.